The zero-order valence-corrected chi connectivity index (χ0v) is 14.4. The fourth-order valence-corrected chi connectivity index (χ4v) is 3.37. The zero-order chi connectivity index (χ0) is 13.8. The summed E-state index contributed by atoms with van der Waals surface area (Å²) in [5.41, 5.74) is 1.12. The van der Waals surface area contributed by atoms with E-state index >= 15 is 0 Å². The van der Waals surface area contributed by atoms with E-state index < -0.39 is 0 Å². The highest BCUT2D eigenvalue weighted by molar-refractivity contribution is 14.1. The molecule has 0 unspecified atom stereocenters. The van der Waals surface area contributed by atoms with Gasteiger partial charge in [0.1, 0.15) is 5.82 Å². The molecule has 2 aromatic rings. The van der Waals surface area contributed by atoms with Gasteiger partial charge in [-0.15, -0.1) is 11.3 Å². The molecule has 2 heterocycles. The van der Waals surface area contributed by atoms with Gasteiger partial charge < -0.3 is 5.32 Å². The van der Waals surface area contributed by atoms with Crippen LogP contribution in [0.5, 0.6) is 0 Å². The fourth-order valence-electron chi connectivity index (χ4n) is 1.75. The first kappa shape index (κ1) is 14.7. The third kappa shape index (κ3) is 3.45. The van der Waals surface area contributed by atoms with Crippen LogP contribution in [0.3, 0.4) is 0 Å². The number of nitrogens with one attached hydrogen (secondary N) is 1. The lowest BCUT2D eigenvalue weighted by molar-refractivity contribution is 0.944. The number of rotatable bonds is 5. The van der Waals surface area contributed by atoms with Crippen LogP contribution >= 0.6 is 33.9 Å². The molecule has 0 saturated heterocycles. The first-order chi connectivity index (χ1) is 9.15. The predicted molar refractivity (Wildman–Crippen MR) is 91.0 cm³/mol. The van der Waals surface area contributed by atoms with Crippen LogP contribution in [-0.2, 0) is 6.42 Å². The molecule has 2 aromatic heterocycles. The quantitative estimate of drug-likeness (QED) is 0.768. The van der Waals surface area contributed by atoms with Crippen molar-refractivity contribution in [3.8, 4) is 10.7 Å². The largest absolute Gasteiger partial charge is 0.369 e. The number of aryl methyl sites for hydroxylation is 2. The van der Waals surface area contributed by atoms with E-state index in [2.05, 4.69) is 65.8 Å². The summed E-state index contributed by atoms with van der Waals surface area (Å²) in [6.45, 7) is 7.35. The molecule has 1 N–H and O–H groups in total. The van der Waals surface area contributed by atoms with Gasteiger partial charge in [0, 0.05) is 11.4 Å². The van der Waals surface area contributed by atoms with E-state index in [-0.39, 0.29) is 0 Å². The van der Waals surface area contributed by atoms with E-state index in [0.717, 1.165) is 45.2 Å². The van der Waals surface area contributed by atoms with Crippen molar-refractivity contribution in [2.75, 3.05) is 11.9 Å². The average molecular weight is 387 g/mol. The van der Waals surface area contributed by atoms with Crippen LogP contribution in [-0.4, -0.2) is 16.5 Å². The molecular formula is C14H18IN3S. The van der Waals surface area contributed by atoms with Crippen LogP contribution < -0.4 is 5.32 Å². The number of aromatic nitrogens is 2. The van der Waals surface area contributed by atoms with Crippen molar-refractivity contribution in [2.45, 2.75) is 33.6 Å². The van der Waals surface area contributed by atoms with Crippen LogP contribution in [0.2, 0.25) is 0 Å². The van der Waals surface area contributed by atoms with Gasteiger partial charge in [-0.3, -0.25) is 0 Å². The summed E-state index contributed by atoms with van der Waals surface area (Å²) < 4.78 is 1.14. The Morgan fingerprint density at radius 1 is 1.26 bits per heavy atom. The molecule has 2 rings (SSSR count). The molecule has 3 nitrogen and oxygen atoms in total. The topological polar surface area (TPSA) is 37.8 Å². The van der Waals surface area contributed by atoms with Crippen LogP contribution in [0.15, 0.2) is 12.1 Å². The minimum Gasteiger partial charge on any atom is -0.369 e. The lowest BCUT2D eigenvalue weighted by Crippen LogP contribution is -2.08. The summed E-state index contributed by atoms with van der Waals surface area (Å²) in [4.78, 5) is 11.8. The second-order valence-electron chi connectivity index (χ2n) is 4.35. The molecule has 5 heteroatoms. The van der Waals surface area contributed by atoms with Crippen LogP contribution in [0.25, 0.3) is 10.7 Å². The SMILES string of the molecule is CCCNc1nc(-c2ccc(C)s2)nc(CC)c1I. The zero-order valence-electron chi connectivity index (χ0n) is 11.5. The second kappa shape index (κ2) is 6.65. The highest BCUT2D eigenvalue weighted by atomic mass is 127. The third-order valence-electron chi connectivity index (χ3n) is 2.76. The number of halogens is 1. The van der Waals surface area contributed by atoms with E-state index in [9.17, 15) is 0 Å². The highest BCUT2D eigenvalue weighted by Gasteiger charge is 2.13. The van der Waals surface area contributed by atoms with Gasteiger partial charge in [-0.1, -0.05) is 13.8 Å². The van der Waals surface area contributed by atoms with E-state index in [1.807, 2.05) is 0 Å². The van der Waals surface area contributed by atoms with Gasteiger partial charge >= 0.3 is 0 Å². The summed E-state index contributed by atoms with van der Waals surface area (Å²) in [5.74, 6) is 1.81. The lowest BCUT2D eigenvalue weighted by atomic mass is 10.3. The number of nitrogens with zero attached hydrogens (tertiary/aromatic N) is 2. The summed E-state index contributed by atoms with van der Waals surface area (Å²) >= 11 is 4.08. The Hall–Kier alpha value is -0.690. The van der Waals surface area contributed by atoms with Gasteiger partial charge in [0.2, 0.25) is 0 Å². The van der Waals surface area contributed by atoms with Crippen molar-refractivity contribution in [3.63, 3.8) is 0 Å². The van der Waals surface area contributed by atoms with Crippen molar-refractivity contribution in [2.24, 2.45) is 0 Å². The average Bonchev–Trinajstić information content (AvgIpc) is 2.84. The Balaban J connectivity index is 2.44. The Morgan fingerprint density at radius 3 is 2.63 bits per heavy atom. The Morgan fingerprint density at radius 2 is 2.05 bits per heavy atom. The van der Waals surface area contributed by atoms with Crippen molar-refractivity contribution < 1.29 is 0 Å². The summed E-state index contributed by atoms with van der Waals surface area (Å²) in [7, 11) is 0. The first-order valence-electron chi connectivity index (χ1n) is 6.52. The Bertz CT molecular complexity index is 566. The number of anilines is 1. The maximum atomic E-state index is 4.69. The van der Waals surface area contributed by atoms with Crippen molar-refractivity contribution in [3.05, 3.63) is 26.3 Å². The van der Waals surface area contributed by atoms with Crippen molar-refractivity contribution >= 4 is 39.7 Å². The number of hydrogen-bond acceptors (Lipinski definition) is 4. The molecule has 0 aromatic carbocycles. The summed E-state index contributed by atoms with van der Waals surface area (Å²) in [6.07, 6.45) is 2.02. The van der Waals surface area contributed by atoms with E-state index in [4.69, 9.17) is 4.98 Å². The monoisotopic (exact) mass is 387 g/mol. The summed E-state index contributed by atoms with van der Waals surface area (Å²) in [6, 6.07) is 4.22. The highest BCUT2D eigenvalue weighted by Crippen LogP contribution is 2.28. The van der Waals surface area contributed by atoms with Gasteiger partial charge in [-0.25, -0.2) is 9.97 Å². The number of thiophene rings is 1. The molecule has 0 saturated carbocycles. The lowest BCUT2D eigenvalue weighted by Gasteiger charge is -2.11. The smallest absolute Gasteiger partial charge is 0.171 e. The minimum absolute atomic E-state index is 0.842. The van der Waals surface area contributed by atoms with Crippen LogP contribution in [0.1, 0.15) is 30.8 Å². The predicted octanol–water partition coefficient (Wildman–Crippen LogP) is 4.50. The number of hydrogen-bond donors (Lipinski definition) is 1. The molecule has 102 valence electrons. The Labute approximate surface area is 132 Å². The van der Waals surface area contributed by atoms with E-state index in [1.54, 1.807) is 11.3 Å². The van der Waals surface area contributed by atoms with Crippen molar-refractivity contribution in [1.29, 1.82) is 0 Å². The molecule has 0 amide bonds. The van der Waals surface area contributed by atoms with Gasteiger partial charge in [-0.2, -0.15) is 0 Å². The fraction of sp³-hybridized carbons (Fsp3) is 0.429. The molecule has 19 heavy (non-hydrogen) atoms. The standard InChI is InChI=1S/C14H18IN3S/c1-4-8-16-14-12(15)10(5-2)17-13(18-14)11-7-6-9(3)19-11/h6-7H,4-5,8H2,1-3H3,(H,16,17,18). The molecule has 0 aliphatic heterocycles. The minimum atomic E-state index is 0.842. The van der Waals surface area contributed by atoms with Gasteiger partial charge in [-0.05, 0) is 54.5 Å². The second-order valence-corrected chi connectivity index (χ2v) is 6.71. The maximum absolute atomic E-state index is 4.69. The normalized spacial score (nSPS) is 10.7. The molecule has 0 aliphatic rings. The van der Waals surface area contributed by atoms with E-state index in [1.165, 1.54) is 4.88 Å². The van der Waals surface area contributed by atoms with Crippen LogP contribution in [0, 0.1) is 10.5 Å². The Kier molecular flexibility index (Phi) is 5.15. The van der Waals surface area contributed by atoms with Gasteiger partial charge in [0.15, 0.2) is 5.82 Å². The van der Waals surface area contributed by atoms with Gasteiger partial charge in [0.05, 0.1) is 14.1 Å². The van der Waals surface area contributed by atoms with Gasteiger partial charge in [0.25, 0.3) is 0 Å². The molecule has 0 fully saturated rings. The molecule has 0 bridgehead atoms. The van der Waals surface area contributed by atoms with Crippen molar-refractivity contribution in [1.82, 2.24) is 9.97 Å². The first-order valence-corrected chi connectivity index (χ1v) is 8.42. The molecule has 0 spiro atoms. The third-order valence-corrected chi connectivity index (χ3v) is 4.89. The molecule has 0 aliphatic carbocycles. The molecule has 0 atom stereocenters. The molecule has 0 radical (unpaired) electrons. The van der Waals surface area contributed by atoms with E-state index in [0.29, 0.717) is 0 Å². The van der Waals surface area contributed by atoms with Crippen LogP contribution in [0.4, 0.5) is 5.82 Å². The molecular weight excluding hydrogens is 369 g/mol. The summed E-state index contributed by atoms with van der Waals surface area (Å²) in [5, 5.41) is 3.40. The maximum Gasteiger partial charge on any atom is 0.171 e.